The fourth-order valence-electron chi connectivity index (χ4n) is 3.08. The van der Waals surface area contributed by atoms with Gasteiger partial charge >= 0.3 is 0 Å². The van der Waals surface area contributed by atoms with Crippen LogP contribution in [0.2, 0.25) is 0 Å². The van der Waals surface area contributed by atoms with Crippen LogP contribution in [-0.4, -0.2) is 51.1 Å². The molecule has 2 heterocycles. The molecule has 100 valence electrons. The second-order valence-corrected chi connectivity index (χ2v) is 5.56. The number of hydrogen-bond donors (Lipinski definition) is 1. The van der Waals surface area contributed by atoms with Crippen LogP contribution in [0, 0.1) is 0 Å². The SMILES string of the molecule is [B]C([B])(Cc1c[nH]c2cccc(OC)c12)N1CCCC1. The number of fused-ring (bicyclic) bond motifs is 1. The number of methoxy groups -OCH3 is 1. The maximum atomic E-state index is 6.34. The van der Waals surface area contributed by atoms with Gasteiger partial charge in [0, 0.05) is 17.1 Å². The quantitative estimate of drug-likeness (QED) is 0.853. The Bertz CT molecular complexity index is 603. The van der Waals surface area contributed by atoms with Gasteiger partial charge in [0.2, 0.25) is 0 Å². The largest absolute Gasteiger partial charge is 0.496 e. The van der Waals surface area contributed by atoms with E-state index in [4.69, 9.17) is 20.4 Å². The minimum Gasteiger partial charge on any atom is -0.496 e. The van der Waals surface area contributed by atoms with Gasteiger partial charge in [-0.1, -0.05) is 6.07 Å². The normalized spacial score (nSPS) is 16.9. The van der Waals surface area contributed by atoms with Gasteiger partial charge in [-0.2, -0.15) is 0 Å². The lowest BCUT2D eigenvalue weighted by Crippen LogP contribution is -2.50. The van der Waals surface area contributed by atoms with Gasteiger partial charge in [0.25, 0.3) is 0 Å². The lowest BCUT2D eigenvalue weighted by molar-refractivity contribution is 0.275. The summed E-state index contributed by atoms with van der Waals surface area (Å²) < 4.78 is 5.45. The van der Waals surface area contributed by atoms with Crippen LogP contribution in [0.1, 0.15) is 18.4 Å². The van der Waals surface area contributed by atoms with Crippen LogP contribution in [-0.2, 0) is 6.42 Å². The lowest BCUT2D eigenvalue weighted by Gasteiger charge is -2.36. The summed E-state index contributed by atoms with van der Waals surface area (Å²) in [5, 5.41) is 0.279. The van der Waals surface area contributed by atoms with Crippen LogP contribution < -0.4 is 4.74 Å². The number of nitrogens with one attached hydrogen (secondary N) is 1. The zero-order valence-electron chi connectivity index (χ0n) is 11.9. The van der Waals surface area contributed by atoms with Gasteiger partial charge in [0.05, 0.1) is 22.8 Å². The Labute approximate surface area is 122 Å². The summed E-state index contributed by atoms with van der Waals surface area (Å²) in [6, 6.07) is 5.97. The summed E-state index contributed by atoms with van der Waals surface area (Å²) in [7, 11) is 14.4. The smallest absolute Gasteiger partial charge is 0.128 e. The first kappa shape index (κ1) is 13.6. The summed E-state index contributed by atoms with van der Waals surface area (Å²) in [6.45, 7) is 1.96. The third-order valence-corrected chi connectivity index (χ3v) is 4.14. The number of aromatic nitrogens is 1. The number of likely N-dealkylation sites (tertiary alicyclic amines) is 1. The predicted octanol–water partition coefficient (Wildman–Crippen LogP) is 1.81. The first-order valence-corrected chi connectivity index (χ1v) is 7.07. The maximum absolute atomic E-state index is 6.34. The van der Waals surface area contributed by atoms with Gasteiger partial charge in [-0.25, -0.2) is 0 Å². The fourth-order valence-corrected chi connectivity index (χ4v) is 3.08. The summed E-state index contributed by atoms with van der Waals surface area (Å²) in [5.74, 6) is 0.857. The molecule has 1 aromatic heterocycles. The van der Waals surface area contributed by atoms with Gasteiger partial charge < -0.3 is 14.6 Å². The molecule has 0 aliphatic carbocycles. The molecule has 20 heavy (non-hydrogen) atoms. The van der Waals surface area contributed by atoms with E-state index >= 15 is 0 Å². The van der Waals surface area contributed by atoms with Crippen LogP contribution in [0.5, 0.6) is 5.75 Å². The molecule has 1 fully saturated rings. The van der Waals surface area contributed by atoms with E-state index in [1.165, 1.54) is 12.8 Å². The van der Waals surface area contributed by atoms with E-state index in [2.05, 4.69) is 9.88 Å². The van der Waals surface area contributed by atoms with Gasteiger partial charge in [-0.15, -0.1) is 0 Å². The minimum atomic E-state index is -0.799. The zero-order valence-corrected chi connectivity index (χ0v) is 11.9. The average molecular weight is 264 g/mol. The monoisotopic (exact) mass is 264 g/mol. The molecule has 4 radical (unpaired) electrons. The first-order chi connectivity index (χ1) is 9.62. The van der Waals surface area contributed by atoms with Crippen molar-refractivity contribution in [2.45, 2.75) is 24.6 Å². The second-order valence-electron chi connectivity index (χ2n) is 5.56. The summed E-state index contributed by atoms with van der Waals surface area (Å²) >= 11 is 0. The average Bonchev–Trinajstić information content (AvgIpc) is 3.08. The molecule has 1 aliphatic rings. The lowest BCUT2D eigenvalue weighted by atomic mass is 9.58. The Morgan fingerprint density at radius 2 is 2.05 bits per heavy atom. The van der Waals surface area contributed by atoms with E-state index in [0.29, 0.717) is 6.42 Å². The van der Waals surface area contributed by atoms with E-state index in [1.807, 2.05) is 24.4 Å². The number of nitrogens with zero attached hydrogens (tertiary/aromatic N) is 1. The summed E-state index contributed by atoms with van der Waals surface area (Å²) in [4.78, 5) is 5.43. The number of H-pyrrole nitrogens is 1. The van der Waals surface area contributed by atoms with E-state index in [1.54, 1.807) is 7.11 Å². The Balaban J connectivity index is 1.94. The molecular formula is C15H18B2N2O. The Morgan fingerprint density at radius 3 is 2.75 bits per heavy atom. The highest BCUT2D eigenvalue weighted by Gasteiger charge is 2.29. The number of ether oxygens (including phenoxy) is 1. The van der Waals surface area contributed by atoms with Crippen molar-refractivity contribution < 1.29 is 4.74 Å². The second kappa shape index (κ2) is 5.21. The molecule has 3 nitrogen and oxygen atoms in total. The molecule has 1 aliphatic heterocycles. The van der Waals surface area contributed by atoms with Crippen molar-refractivity contribution in [3.8, 4) is 5.75 Å². The van der Waals surface area contributed by atoms with Crippen molar-refractivity contribution in [2.75, 3.05) is 20.2 Å². The van der Waals surface area contributed by atoms with Crippen molar-refractivity contribution in [1.29, 1.82) is 0 Å². The third-order valence-electron chi connectivity index (χ3n) is 4.14. The molecule has 5 heteroatoms. The minimum absolute atomic E-state index is 0.605. The zero-order chi connectivity index (χ0) is 14.2. The highest BCUT2D eigenvalue weighted by molar-refractivity contribution is 6.40. The standard InChI is InChI=1S/C15H18B2N2O/c1-20-13-6-4-5-12-14(13)11(10-18-12)9-15(16,17)19-7-2-3-8-19/h4-6,10,18H,2-3,7-9H2,1H3. The van der Waals surface area contributed by atoms with E-state index in [-0.39, 0.29) is 0 Å². The summed E-state index contributed by atoms with van der Waals surface area (Å²) in [6.07, 6.45) is 4.94. The molecule has 1 aromatic carbocycles. The first-order valence-electron chi connectivity index (χ1n) is 7.07. The van der Waals surface area contributed by atoms with E-state index in [0.717, 1.165) is 35.3 Å². The molecule has 0 amide bonds. The van der Waals surface area contributed by atoms with Gasteiger partial charge in [0.1, 0.15) is 5.75 Å². The Morgan fingerprint density at radius 1 is 1.30 bits per heavy atom. The van der Waals surface area contributed by atoms with Gasteiger partial charge in [-0.05, 0) is 55.4 Å². The van der Waals surface area contributed by atoms with Crippen LogP contribution in [0.4, 0.5) is 0 Å². The third kappa shape index (κ3) is 2.35. The van der Waals surface area contributed by atoms with Crippen molar-refractivity contribution >= 4 is 26.6 Å². The number of rotatable bonds is 4. The number of aromatic amines is 1. The highest BCUT2D eigenvalue weighted by Crippen LogP contribution is 2.31. The summed E-state index contributed by atoms with van der Waals surface area (Å²) in [5.41, 5.74) is 2.16. The number of benzene rings is 1. The molecule has 3 rings (SSSR count). The molecule has 0 spiro atoms. The van der Waals surface area contributed by atoms with Crippen molar-refractivity contribution in [3.05, 3.63) is 30.0 Å². The van der Waals surface area contributed by atoms with E-state index < -0.39 is 5.34 Å². The van der Waals surface area contributed by atoms with Crippen LogP contribution >= 0.6 is 0 Å². The van der Waals surface area contributed by atoms with Crippen molar-refractivity contribution in [2.24, 2.45) is 0 Å². The number of hydrogen-bond acceptors (Lipinski definition) is 2. The molecule has 2 aromatic rings. The molecule has 0 atom stereocenters. The molecular weight excluding hydrogens is 246 g/mol. The Kier molecular flexibility index (Phi) is 3.55. The molecule has 0 bridgehead atoms. The molecule has 1 saturated heterocycles. The van der Waals surface area contributed by atoms with Crippen LogP contribution in [0.3, 0.4) is 0 Å². The van der Waals surface area contributed by atoms with E-state index in [9.17, 15) is 0 Å². The van der Waals surface area contributed by atoms with Crippen LogP contribution in [0.25, 0.3) is 10.9 Å². The topological polar surface area (TPSA) is 28.3 Å². The van der Waals surface area contributed by atoms with Crippen molar-refractivity contribution in [1.82, 2.24) is 9.88 Å². The van der Waals surface area contributed by atoms with Gasteiger partial charge in [-0.3, -0.25) is 0 Å². The molecule has 0 unspecified atom stereocenters. The maximum Gasteiger partial charge on any atom is 0.128 e. The van der Waals surface area contributed by atoms with Crippen LogP contribution in [0.15, 0.2) is 24.4 Å². The molecule has 1 N–H and O–H groups in total. The van der Waals surface area contributed by atoms with Gasteiger partial charge in [0.15, 0.2) is 0 Å². The molecule has 0 saturated carbocycles. The Hall–Kier alpha value is -1.35. The predicted molar refractivity (Wildman–Crippen MR) is 83.6 cm³/mol. The fraction of sp³-hybridized carbons (Fsp3) is 0.467. The highest BCUT2D eigenvalue weighted by atomic mass is 16.5. The van der Waals surface area contributed by atoms with Crippen molar-refractivity contribution in [3.63, 3.8) is 0 Å².